The lowest BCUT2D eigenvalue weighted by Crippen LogP contribution is -2.45. The fourth-order valence-corrected chi connectivity index (χ4v) is 2.78. The second kappa shape index (κ2) is 5.46. The summed E-state index contributed by atoms with van der Waals surface area (Å²) in [5, 5.41) is 9.42. The molecular weight excluding hydrogens is 204 g/mol. The van der Waals surface area contributed by atoms with E-state index in [1.54, 1.807) is 0 Å². The van der Waals surface area contributed by atoms with Gasteiger partial charge in [-0.2, -0.15) is 0 Å². The normalized spacial score (nSPS) is 17.6. The third kappa shape index (κ3) is 4.25. The minimum Gasteiger partial charge on any atom is -0.414 e. The van der Waals surface area contributed by atoms with Gasteiger partial charge in [-0.1, -0.05) is 34.6 Å². The first kappa shape index (κ1) is 15.1. The van der Waals surface area contributed by atoms with Gasteiger partial charge in [-0.3, -0.25) is 0 Å². The van der Waals surface area contributed by atoms with Crippen molar-refractivity contribution in [3.05, 3.63) is 0 Å². The van der Waals surface area contributed by atoms with Gasteiger partial charge >= 0.3 is 0 Å². The molecule has 0 radical (unpaired) electrons. The van der Waals surface area contributed by atoms with Crippen LogP contribution in [0.3, 0.4) is 0 Å². The SMILES string of the molecule is CC[C@H](O[Si](C)(C)C(C)(C)C)[C@H](C)CO. The maximum Gasteiger partial charge on any atom is 0.192 e. The van der Waals surface area contributed by atoms with Crippen molar-refractivity contribution in [1.29, 1.82) is 0 Å². The van der Waals surface area contributed by atoms with Crippen LogP contribution < -0.4 is 0 Å². The van der Waals surface area contributed by atoms with Gasteiger partial charge in [0.1, 0.15) is 0 Å². The summed E-state index contributed by atoms with van der Waals surface area (Å²) in [7, 11) is -1.68. The first-order valence-corrected chi connectivity index (χ1v) is 8.85. The van der Waals surface area contributed by atoms with E-state index in [1.807, 2.05) is 0 Å². The highest BCUT2D eigenvalue weighted by Gasteiger charge is 2.39. The van der Waals surface area contributed by atoms with E-state index in [9.17, 15) is 5.11 Å². The van der Waals surface area contributed by atoms with Crippen LogP contribution >= 0.6 is 0 Å². The number of hydrogen-bond acceptors (Lipinski definition) is 2. The predicted octanol–water partition coefficient (Wildman–Crippen LogP) is 3.42. The van der Waals surface area contributed by atoms with Crippen molar-refractivity contribution in [2.45, 2.75) is 65.3 Å². The van der Waals surface area contributed by atoms with Gasteiger partial charge in [0, 0.05) is 18.6 Å². The molecule has 0 amide bonds. The van der Waals surface area contributed by atoms with Gasteiger partial charge in [-0.05, 0) is 24.6 Å². The monoisotopic (exact) mass is 232 g/mol. The van der Waals surface area contributed by atoms with Crippen LogP contribution in [0.5, 0.6) is 0 Å². The molecule has 0 fully saturated rings. The lowest BCUT2D eigenvalue weighted by Gasteiger charge is -2.40. The average Bonchev–Trinajstić information content (AvgIpc) is 2.11. The van der Waals surface area contributed by atoms with Crippen molar-refractivity contribution in [2.75, 3.05) is 6.61 Å². The Morgan fingerprint density at radius 1 is 1.27 bits per heavy atom. The first-order valence-electron chi connectivity index (χ1n) is 5.94. The lowest BCUT2D eigenvalue weighted by molar-refractivity contribution is 0.0822. The van der Waals surface area contributed by atoms with Gasteiger partial charge in [0.2, 0.25) is 0 Å². The van der Waals surface area contributed by atoms with Crippen LogP contribution in [0.15, 0.2) is 0 Å². The van der Waals surface area contributed by atoms with Gasteiger partial charge < -0.3 is 9.53 Å². The Morgan fingerprint density at radius 2 is 1.73 bits per heavy atom. The maximum absolute atomic E-state index is 9.17. The zero-order valence-electron chi connectivity index (χ0n) is 11.4. The molecule has 0 aliphatic carbocycles. The molecule has 92 valence electrons. The smallest absolute Gasteiger partial charge is 0.192 e. The van der Waals surface area contributed by atoms with E-state index in [4.69, 9.17) is 4.43 Å². The average molecular weight is 232 g/mol. The Labute approximate surface area is 96.2 Å². The van der Waals surface area contributed by atoms with Crippen molar-refractivity contribution in [3.63, 3.8) is 0 Å². The summed E-state index contributed by atoms with van der Waals surface area (Å²) in [6.07, 6.45) is 1.18. The molecule has 3 heteroatoms. The number of aliphatic hydroxyl groups is 1. The summed E-state index contributed by atoms with van der Waals surface area (Å²) in [6.45, 7) is 15.7. The number of rotatable bonds is 5. The Bertz CT molecular complexity index is 185. The molecule has 0 aliphatic heterocycles. The van der Waals surface area contributed by atoms with Crippen molar-refractivity contribution in [1.82, 2.24) is 0 Å². The Morgan fingerprint density at radius 3 is 2.00 bits per heavy atom. The van der Waals surface area contributed by atoms with E-state index >= 15 is 0 Å². The highest BCUT2D eigenvalue weighted by molar-refractivity contribution is 6.74. The second-order valence-electron chi connectivity index (χ2n) is 5.98. The molecule has 0 aliphatic rings. The van der Waals surface area contributed by atoms with Crippen molar-refractivity contribution in [2.24, 2.45) is 5.92 Å². The lowest BCUT2D eigenvalue weighted by atomic mass is 10.0. The van der Waals surface area contributed by atoms with Gasteiger partial charge in [-0.15, -0.1) is 0 Å². The van der Waals surface area contributed by atoms with Crippen molar-refractivity contribution < 1.29 is 9.53 Å². The molecule has 15 heavy (non-hydrogen) atoms. The molecule has 0 heterocycles. The quantitative estimate of drug-likeness (QED) is 0.736. The Kier molecular flexibility index (Phi) is 5.51. The van der Waals surface area contributed by atoms with E-state index in [0.29, 0.717) is 0 Å². The first-order chi connectivity index (χ1) is 6.65. The number of hydrogen-bond donors (Lipinski definition) is 1. The molecule has 0 rings (SSSR count). The Hall–Kier alpha value is 0.137. The van der Waals surface area contributed by atoms with E-state index in [-0.39, 0.29) is 23.7 Å². The van der Waals surface area contributed by atoms with Gasteiger partial charge in [-0.25, -0.2) is 0 Å². The highest BCUT2D eigenvalue weighted by Crippen LogP contribution is 2.38. The summed E-state index contributed by atoms with van der Waals surface area (Å²) in [6, 6.07) is 0. The zero-order valence-corrected chi connectivity index (χ0v) is 12.4. The molecule has 0 saturated heterocycles. The van der Waals surface area contributed by atoms with Crippen LogP contribution in [-0.4, -0.2) is 26.1 Å². The molecule has 0 spiro atoms. The maximum atomic E-state index is 9.17. The van der Waals surface area contributed by atoms with Crippen LogP contribution in [0, 0.1) is 5.92 Å². The van der Waals surface area contributed by atoms with Gasteiger partial charge in [0.15, 0.2) is 8.32 Å². The largest absolute Gasteiger partial charge is 0.414 e. The molecule has 0 saturated carbocycles. The third-order valence-electron chi connectivity index (χ3n) is 3.58. The fourth-order valence-electron chi connectivity index (χ4n) is 1.27. The molecule has 0 aromatic carbocycles. The molecule has 2 atom stereocenters. The minimum absolute atomic E-state index is 0.205. The molecule has 1 N–H and O–H groups in total. The van der Waals surface area contributed by atoms with Crippen LogP contribution in [0.1, 0.15) is 41.0 Å². The standard InChI is InChI=1S/C12H28O2Si/c1-8-11(10(2)9-13)14-15(6,7)12(3,4)5/h10-11,13H,8-9H2,1-7H3/t10-,11+/m1/s1. The van der Waals surface area contributed by atoms with Crippen molar-refractivity contribution >= 4 is 8.32 Å². The van der Waals surface area contributed by atoms with Crippen LogP contribution in [-0.2, 0) is 4.43 Å². The molecule has 0 aromatic rings. The summed E-state index contributed by atoms with van der Waals surface area (Å²) < 4.78 is 6.28. The van der Waals surface area contributed by atoms with Crippen molar-refractivity contribution in [3.8, 4) is 0 Å². The van der Waals surface area contributed by atoms with Gasteiger partial charge in [0.05, 0.1) is 0 Å². The minimum atomic E-state index is -1.68. The van der Waals surface area contributed by atoms with E-state index in [2.05, 4.69) is 47.7 Å². The highest BCUT2D eigenvalue weighted by atomic mass is 28.4. The van der Waals surface area contributed by atoms with Crippen LogP contribution in [0.2, 0.25) is 18.1 Å². The molecule has 2 nitrogen and oxygen atoms in total. The summed E-state index contributed by atoms with van der Waals surface area (Å²) in [5.74, 6) is 0.240. The summed E-state index contributed by atoms with van der Waals surface area (Å²) >= 11 is 0. The Balaban J connectivity index is 4.54. The summed E-state index contributed by atoms with van der Waals surface area (Å²) in [4.78, 5) is 0. The van der Waals surface area contributed by atoms with Crippen LogP contribution in [0.25, 0.3) is 0 Å². The second-order valence-corrected chi connectivity index (χ2v) is 10.7. The number of aliphatic hydroxyl groups excluding tert-OH is 1. The zero-order chi connectivity index (χ0) is 12.3. The van der Waals surface area contributed by atoms with E-state index < -0.39 is 8.32 Å². The third-order valence-corrected chi connectivity index (χ3v) is 8.08. The van der Waals surface area contributed by atoms with Crippen LogP contribution in [0.4, 0.5) is 0 Å². The predicted molar refractivity (Wildman–Crippen MR) is 68.6 cm³/mol. The van der Waals surface area contributed by atoms with Gasteiger partial charge in [0.25, 0.3) is 0 Å². The van der Waals surface area contributed by atoms with E-state index in [1.165, 1.54) is 0 Å². The summed E-state index contributed by atoms with van der Waals surface area (Å²) in [5.41, 5.74) is 0. The molecule has 0 aromatic heterocycles. The molecular formula is C12H28O2Si. The van der Waals surface area contributed by atoms with E-state index in [0.717, 1.165) is 6.42 Å². The fraction of sp³-hybridized carbons (Fsp3) is 1.00. The topological polar surface area (TPSA) is 29.5 Å². The molecule has 0 unspecified atom stereocenters. The molecule has 0 bridgehead atoms.